The van der Waals surface area contributed by atoms with Crippen LogP contribution in [0.25, 0.3) is 0 Å². The highest BCUT2D eigenvalue weighted by Crippen LogP contribution is 2.19. The number of likely N-dealkylation sites (tertiary alicyclic amines) is 1. The number of piperidine rings is 1. The molecule has 0 saturated carbocycles. The van der Waals surface area contributed by atoms with E-state index in [4.69, 9.17) is 0 Å². The normalized spacial score (nSPS) is 16.8. The van der Waals surface area contributed by atoms with Crippen molar-refractivity contribution in [3.8, 4) is 0 Å². The Labute approximate surface area is 170 Å². The van der Waals surface area contributed by atoms with E-state index in [0.29, 0.717) is 19.0 Å². The Balaban J connectivity index is 1.72. The van der Waals surface area contributed by atoms with Gasteiger partial charge in [0, 0.05) is 32.2 Å². The molecule has 158 valence electrons. The summed E-state index contributed by atoms with van der Waals surface area (Å²) >= 11 is 0. The van der Waals surface area contributed by atoms with E-state index >= 15 is 0 Å². The van der Waals surface area contributed by atoms with Crippen LogP contribution in [0.2, 0.25) is 0 Å². The lowest BCUT2D eigenvalue weighted by atomic mass is 9.98. The van der Waals surface area contributed by atoms with E-state index in [1.165, 1.54) is 19.3 Å². The lowest BCUT2D eigenvalue weighted by molar-refractivity contribution is 0.0982. The first-order valence-electron chi connectivity index (χ1n) is 10.0. The van der Waals surface area contributed by atoms with Crippen LogP contribution in [0.4, 0.5) is 0 Å². The maximum atomic E-state index is 12.2. The summed E-state index contributed by atoms with van der Waals surface area (Å²) in [6, 6.07) is 9.50. The van der Waals surface area contributed by atoms with Gasteiger partial charge in [0.25, 0.3) is 0 Å². The molecular formula is C20H35N5O2S. The Kier molecular flexibility index (Phi) is 8.72. The summed E-state index contributed by atoms with van der Waals surface area (Å²) in [4.78, 5) is 6.72. The molecule has 1 aromatic carbocycles. The molecule has 0 aliphatic carbocycles. The highest BCUT2D eigenvalue weighted by molar-refractivity contribution is 7.89. The number of nitrogens with zero attached hydrogens (tertiary/aromatic N) is 2. The molecule has 0 bridgehead atoms. The summed E-state index contributed by atoms with van der Waals surface area (Å²) in [7, 11) is -1.65. The lowest BCUT2D eigenvalue weighted by Crippen LogP contribution is -2.55. The first-order valence-corrected chi connectivity index (χ1v) is 11.7. The maximum absolute atomic E-state index is 12.2. The van der Waals surface area contributed by atoms with Gasteiger partial charge < -0.3 is 10.6 Å². The van der Waals surface area contributed by atoms with Crippen LogP contribution < -0.4 is 15.4 Å². The van der Waals surface area contributed by atoms with Gasteiger partial charge in [0.1, 0.15) is 0 Å². The number of nitrogens with one attached hydrogen (secondary N) is 3. The molecule has 0 radical (unpaired) electrons. The molecule has 1 aliphatic heterocycles. The molecule has 1 aromatic rings. The number of guanidine groups is 1. The fraction of sp³-hybridized carbons (Fsp3) is 0.650. The van der Waals surface area contributed by atoms with E-state index in [1.807, 2.05) is 30.3 Å². The second kappa shape index (κ2) is 10.8. The van der Waals surface area contributed by atoms with Gasteiger partial charge in [-0.25, -0.2) is 13.1 Å². The molecule has 0 spiro atoms. The number of sulfonamides is 1. The van der Waals surface area contributed by atoms with Gasteiger partial charge in [-0.3, -0.25) is 9.89 Å². The third-order valence-electron chi connectivity index (χ3n) is 5.13. The van der Waals surface area contributed by atoms with Crippen LogP contribution in [0.15, 0.2) is 35.3 Å². The van der Waals surface area contributed by atoms with Crippen molar-refractivity contribution in [3.05, 3.63) is 35.9 Å². The number of aliphatic imine (C=N–C) groups is 1. The van der Waals surface area contributed by atoms with Gasteiger partial charge >= 0.3 is 0 Å². The third-order valence-corrected chi connectivity index (χ3v) is 6.45. The minimum atomic E-state index is -3.35. The van der Waals surface area contributed by atoms with Gasteiger partial charge in [-0.2, -0.15) is 0 Å². The first kappa shape index (κ1) is 22.6. The molecule has 0 amide bonds. The molecule has 1 heterocycles. The lowest BCUT2D eigenvalue weighted by Gasteiger charge is -2.41. The Morgan fingerprint density at radius 2 is 1.79 bits per heavy atom. The van der Waals surface area contributed by atoms with Gasteiger partial charge in [0.05, 0.1) is 5.75 Å². The second-order valence-electron chi connectivity index (χ2n) is 7.84. The van der Waals surface area contributed by atoms with Gasteiger partial charge in [-0.1, -0.05) is 36.8 Å². The summed E-state index contributed by atoms with van der Waals surface area (Å²) in [5.74, 6) is 0.624. The van der Waals surface area contributed by atoms with E-state index < -0.39 is 10.0 Å². The zero-order valence-electron chi connectivity index (χ0n) is 17.4. The predicted molar refractivity (Wildman–Crippen MR) is 116 cm³/mol. The second-order valence-corrected chi connectivity index (χ2v) is 9.76. The largest absolute Gasteiger partial charge is 0.355 e. The van der Waals surface area contributed by atoms with Crippen molar-refractivity contribution in [2.24, 2.45) is 4.99 Å². The first-order chi connectivity index (χ1) is 13.3. The number of benzene rings is 1. The van der Waals surface area contributed by atoms with Crippen molar-refractivity contribution in [3.63, 3.8) is 0 Å². The summed E-state index contributed by atoms with van der Waals surface area (Å²) in [5, 5.41) is 6.43. The highest BCUT2D eigenvalue weighted by Gasteiger charge is 2.27. The van der Waals surface area contributed by atoms with Crippen LogP contribution >= 0.6 is 0 Å². The Morgan fingerprint density at radius 1 is 1.11 bits per heavy atom. The van der Waals surface area contributed by atoms with Crippen molar-refractivity contribution in [2.75, 3.05) is 39.0 Å². The summed E-state index contributed by atoms with van der Waals surface area (Å²) in [6.07, 6.45) is 3.82. The van der Waals surface area contributed by atoms with Crippen LogP contribution in [0.1, 0.15) is 38.7 Å². The molecule has 1 aliphatic rings. The van der Waals surface area contributed by atoms with E-state index in [1.54, 1.807) is 7.05 Å². The molecule has 28 heavy (non-hydrogen) atoms. The molecular weight excluding hydrogens is 374 g/mol. The molecule has 0 unspecified atom stereocenters. The van der Waals surface area contributed by atoms with Crippen molar-refractivity contribution in [1.82, 2.24) is 20.3 Å². The van der Waals surface area contributed by atoms with E-state index in [9.17, 15) is 8.42 Å². The van der Waals surface area contributed by atoms with E-state index in [-0.39, 0.29) is 11.3 Å². The summed E-state index contributed by atoms with van der Waals surface area (Å²) in [5.41, 5.74) is 0.970. The summed E-state index contributed by atoms with van der Waals surface area (Å²) in [6.45, 7) is 8.09. The minimum absolute atomic E-state index is 0.00392. The van der Waals surface area contributed by atoms with Crippen LogP contribution in [-0.2, 0) is 16.6 Å². The van der Waals surface area contributed by atoms with E-state index in [0.717, 1.165) is 25.2 Å². The number of rotatable bonds is 9. The topological polar surface area (TPSA) is 85.8 Å². The molecule has 0 atom stereocenters. The Hall–Kier alpha value is -1.64. The molecule has 7 nitrogen and oxygen atoms in total. The van der Waals surface area contributed by atoms with Crippen LogP contribution in [0.3, 0.4) is 0 Å². The fourth-order valence-electron chi connectivity index (χ4n) is 3.30. The maximum Gasteiger partial charge on any atom is 0.213 e. The highest BCUT2D eigenvalue weighted by atomic mass is 32.2. The molecule has 1 fully saturated rings. The van der Waals surface area contributed by atoms with Gasteiger partial charge in [0.2, 0.25) is 10.0 Å². The zero-order chi connectivity index (χ0) is 20.5. The average Bonchev–Trinajstić information content (AvgIpc) is 2.70. The smallest absolute Gasteiger partial charge is 0.213 e. The fourth-order valence-corrected chi connectivity index (χ4v) is 4.20. The monoisotopic (exact) mass is 409 g/mol. The molecule has 3 N–H and O–H groups in total. The van der Waals surface area contributed by atoms with Crippen LogP contribution in [0.5, 0.6) is 0 Å². The van der Waals surface area contributed by atoms with Crippen molar-refractivity contribution < 1.29 is 8.42 Å². The van der Waals surface area contributed by atoms with Gasteiger partial charge in [0.15, 0.2) is 5.96 Å². The zero-order valence-corrected chi connectivity index (χ0v) is 18.2. The van der Waals surface area contributed by atoms with Crippen molar-refractivity contribution >= 4 is 16.0 Å². The Bertz CT molecular complexity index is 713. The van der Waals surface area contributed by atoms with Crippen molar-refractivity contribution in [1.29, 1.82) is 0 Å². The SMILES string of the molecule is CN=C(NCCS(=O)(=O)NCc1ccccc1)NCC(C)(C)N1CCCCC1. The van der Waals surface area contributed by atoms with Crippen LogP contribution in [-0.4, -0.2) is 63.8 Å². The average molecular weight is 410 g/mol. The summed E-state index contributed by atoms with van der Waals surface area (Å²) < 4.78 is 27.0. The minimum Gasteiger partial charge on any atom is -0.355 e. The van der Waals surface area contributed by atoms with Gasteiger partial charge in [-0.05, 0) is 45.3 Å². The molecule has 0 aromatic heterocycles. The number of hydrogen-bond donors (Lipinski definition) is 3. The Morgan fingerprint density at radius 3 is 2.43 bits per heavy atom. The van der Waals surface area contributed by atoms with E-state index in [2.05, 4.69) is 39.1 Å². The number of hydrogen-bond acceptors (Lipinski definition) is 4. The van der Waals surface area contributed by atoms with Crippen LogP contribution in [0, 0.1) is 0 Å². The third kappa shape index (κ3) is 7.77. The molecule has 2 rings (SSSR count). The standard InChI is InChI=1S/C20H35N5O2S/c1-20(2,25-13-8-5-9-14-25)17-23-19(21-3)22-12-15-28(26,27)24-16-18-10-6-4-7-11-18/h4,6-7,10-11,24H,5,8-9,12-17H2,1-3H3,(H2,21,22,23). The molecule has 1 saturated heterocycles. The predicted octanol–water partition coefficient (Wildman–Crippen LogP) is 1.54. The molecule has 8 heteroatoms. The van der Waals surface area contributed by atoms with Gasteiger partial charge in [-0.15, -0.1) is 0 Å². The quantitative estimate of drug-likeness (QED) is 0.425. The van der Waals surface area contributed by atoms with Crippen molar-refractivity contribution in [2.45, 2.75) is 45.2 Å².